The molecule has 4 rings (SSSR count). The highest BCUT2D eigenvalue weighted by atomic mass is 16.6. The first-order valence-electron chi connectivity index (χ1n) is 5.68. The van der Waals surface area contributed by atoms with Gasteiger partial charge in [0.1, 0.15) is 6.10 Å². The minimum Gasteiger partial charge on any atom is -0.446 e. The van der Waals surface area contributed by atoms with Gasteiger partial charge in [-0.2, -0.15) is 0 Å². The summed E-state index contributed by atoms with van der Waals surface area (Å²) < 4.78 is 5.27. The van der Waals surface area contributed by atoms with Crippen molar-refractivity contribution in [1.29, 1.82) is 0 Å². The average Bonchev–Trinajstić information content (AvgIpc) is 2.09. The molecule has 3 nitrogen and oxygen atoms in total. The van der Waals surface area contributed by atoms with E-state index in [2.05, 4.69) is 0 Å². The molecule has 4 aliphatic carbocycles. The van der Waals surface area contributed by atoms with Crippen LogP contribution in [-0.4, -0.2) is 12.2 Å². The van der Waals surface area contributed by atoms with Crippen LogP contribution in [0.3, 0.4) is 0 Å². The number of hydrogen-bond acceptors (Lipinski definition) is 2. The molecule has 3 heteroatoms. The molecule has 0 unspecified atom stereocenters. The molecule has 4 bridgehead atoms. The summed E-state index contributed by atoms with van der Waals surface area (Å²) in [7, 11) is 0. The maximum Gasteiger partial charge on any atom is 0.404 e. The molecule has 4 fully saturated rings. The van der Waals surface area contributed by atoms with Crippen LogP contribution >= 0.6 is 0 Å². The smallest absolute Gasteiger partial charge is 0.404 e. The summed E-state index contributed by atoms with van der Waals surface area (Å²) in [6.45, 7) is 0. The SMILES string of the molecule is NC(=O)OC1C2CC3CC(C2)CC1C3. The molecule has 0 radical (unpaired) electrons. The Kier molecular flexibility index (Phi) is 1.76. The van der Waals surface area contributed by atoms with Gasteiger partial charge in [-0.05, 0) is 55.8 Å². The second-order valence-electron chi connectivity index (χ2n) is 5.33. The van der Waals surface area contributed by atoms with Crippen LogP contribution in [-0.2, 0) is 4.74 Å². The normalized spacial score (nSPS) is 49.3. The summed E-state index contributed by atoms with van der Waals surface area (Å²) in [5.74, 6) is 3.09. The van der Waals surface area contributed by atoms with Gasteiger partial charge in [-0.3, -0.25) is 0 Å². The van der Waals surface area contributed by atoms with Crippen LogP contribution in [0.1, 0.15) is 32.1 Å². The van der Waals surface area contributed by atoms with Crippen molar-refractivity contribution in [2.24, 2.45) is 29.4 Å². The average molecular weight is 195 g/mol. The summed E-state index contributed by atoms with van der Waals surface area (Å²) >= 11 is 0. The maximum atomic E-state index is 10.8. The molecule has 14 heavy (non-hydrogen) atoms. The van der Waals surface area contributed by atoms with Gasteiger partial charge in [0.05, 0.1) is 0 Å². The maximum absolute atomic E-state index is 10.8. The third-order valence-electron chi connectivity index (χ3n) is 4.39. The lowest BCUT2D eigenvalue weighted by Gasteiger charge is -2.53. The van der Waals surface area contributed by atoms with Gasteiger partial charge >= 0.3 is 6.09 Å². The predicted octanol–water partition coefficient (Wildman–Crippen LogP) is 1.91. The lowest BCUT2D eigenvalue weighted by atomic mass is 9.55. The fourth-order valence-corrected chi connectivity index (χ4v) is 4.20. The number of hydrogen-bond donors (Lipinski definition) is 1. The van der Waals surface area contributed by atoms with Crippen molar-refractivity contribution in [3.05, 3.63) is 0 Å². The van der Waals surface area contributed by atoms with Crippen LogP contribution in [0.2, 0.25) is 0 Å². The molecular formula is C11H17NO2. The first-order chi connectivity index (χ1) is 6.72. The third kappa shape index (κ3) is 1.22. The summed E-state index contributed by atoms with van der Waals surface area (Å²) in [5.41, 5.74) is 5.11. The molecular weight excluding hydrogens is 178 g/mol. The Bertz CT molecular complexity index is 236. The number of ether oxygens (including phenoxy) is 1. The Morgan fingerprint density at radius 3 is 1.93 bits per heavy atom. The number of amides is 1. The fraction of sp³-hybridized carbons (Fsp3) is 0.909. The molecule has 0 atom stereocenters. The van der Waals surface area contributed by atoms with Gasteiger partial charge < -0.3 is 10.5 Å². The number of nitrogens with two attached hydrogens (primary N) is 1. The first-order valence-corrected chi connectivity index (χ1v) is 5.68. The van der Waals surface area contributed by atoms with Crippen LogP contribution in [0, 0.1) is 23.7 Å². The molecule has 0 heterocycles. The van der Waals surface area contributed by atoms with E-state index in [-0.39, 0.29) is 6.10 Å². The Labute approximate surface area is 84.0 Å². The molecule has 0 aromatic carbocycles. The van der Waals surface area contributed by atoms with E-state index in [1.807, 2.05) is 0 Å². The highest BCUT2D eigenvalue weighted by Gasteiger charge is 2.49. The summed E-state index contributed by atoms with van der Waals surface area (Å²) in [5, 5.41) is 0. The lowest BCUT2D eigenvalue weighted by molar-refractivity contribution is -0.0943. The minimum absolute atomic E-state index is 0.153. The summed E-state index contributed by atoms with van der Waals surface area (Å²) in [6, 6.07) is 0. The van der Waals surface area contributed by atoms with E-state index in [1.165, 1.54) is 32.1 Å². The molecule has 1 amide bonds. The monoisotopic (exact) mass is 195 g/mol. The van der Waals surface area contributed by atoms with E-state index in [4.69, 9.17) is 10.5 Å². The highest BCUT2D eigenvalue weighted by molar-refractivity contribution is 5.64. The second-order valence-corrected chi connectivity index (χ2v) is 5.33. The molecule has 4 aliphatic rings. The summed E-state index contributed by atoms with van der Waals surface area (Å²) in [4.78, 5) is 10.8. The fourth-order valence-electron chi connectivity index (χ4n) is 4.20. The van der Waals surface area contributed by atoms with E-state index in [0.29, 0.717) is 11.8 Å². The predicted molar refractivity (Wildman–Crippen MR) is 51.5 cm³/mol. The van der Waals surface area contributed by atoms with Crippen molar-refractivity contribution in [1.82, 2.24) is 0 Å². The van der Waals surface area contributed by atoms with Crippen LogP contribution in [0.5, 0.6) is 0 Å². The zero-order valence-corrected chi connectivity index (χ0v) is 8.32. The van der Waals surface area contributed by atoms with E-state index in [9.17, 15) is 4.79 Å². The van der Waals surface area contributed by atoms with Crippen molar-refractivity contribution in [2.45, 2.75) is 38.2 Å². The van der Waals surface area contributed by atoms with E-state index in [1.54, 1.807) is 0 Å². The Balaban J connectivity index is 1.77. The lowest BCUT2D eigenvalue weighted by Crippen LogP contribution is -2.50. The van der Waals surface area contributed by atoms with Crippen molar-refractivity contribution >= 4 is 6.09 Å². The molecule has 78 valence electrons. The van der Waals surface area contributed by atoms with Crippen LogP contribution in [0.25, 0.3) is 0 Å². The summed E-state index contributed by atoms with van der Waals surface area (Å²) in [6.07, 6.45) is 6.07. The van der Waals surface area contributed by atoms with Gasteiger partial charge in [0.2, 0.25) is 0 Å². The zero-order valence-electron chi connectivity index (χ0n) is 8.32. The van der Waals surface area contributed by atoms with Crippen molar-refractivity contribution in [3.8, 4) is 0 Å². The standard InChI is InChI=1S/C11H17NO2/c12-11(13)14-10-8-2-6-1-7(4-8)5-9(10)3-6/h6-10H,1-5H2,(H2,12,13). The highest BCUT2D eigenvalue weighted by Crippen LogP contribution is 2.54. The number of primary amides is 1. The molecule has 0 aliphatic heterocycles. The Morgan fingerprint density at radius 2 is 1.50 bits per heavy atom. The van der Waals surface area contributed by atoms with Gasteiger partial charge in [-0.25, -0.2) is 4.79 Å². The van der Waals surface area contributed by atoms with Crippen molar-refractivity contribution in [3.63, 3.8) is 0 Å². The topological polar surface area (TPSA) is 52.3 Å². The number of carbonyl (C=O) groups excluding carboxylic acids is 1. The Hall–Kier alpha value is -0.730. The third-order valence-corrected chi connectivity index (χ3v) is 4.39. The molecule has 0 aromatic rings. The van der Waals surface area contributed by atoms with Gasteiger partial charge in [0, 0.05) is 0 Å². The molecule has 0 spiro atoms. The first kappa shape index (κ1) is 8.57. The van der Waals surface area contributed by atoms with Crippen LogP contribution < -0.4 is 5.73 Å². The van der Waals surface area contributed by atoms with Gasteiger partial charge in [-0.1, -0.05) is 0 Å². The largest absolute Gasteiger partial charge is 0.446 e. The number of carbonyl (C=O) groups is 1. The number of rotatable bonds is 1. The Morgan fingerprint density at radius 1 is 1.00 bits per heavy atom. The van der Waals surface area contributed by atoms with Gasteiger partial charge in [0.15, 0.2) is 0 Å². The van der Waals surface area contributed by atoms with Gasteiger partial charge in [-0.15, -0.1) is 0 Å². The van der Waals surface area contributed by atoms with Crippen molar-refractivity contribution < 1.29 is 9.53 Å². The van der Waals surface area contributed by atoms with Crippen LogP contribution in [0.15, 0.2) is 0 Å². The van der Waals surface area contributed by atoms with Crippen LogP contribution in [0.4, 0.5) is 4.79 Å². The quantitative estimate of drug-likeness (QED) is 0.694. The van der Waals surface area contributed by atoms with Crippen molar-refractivity contribution in [2.75, 3.05) is 0 Å². The molecule has 4 saturated carbocycles. The zero-order chi connectivity index (χ0) is 9.71. The minimum atomic E-state index is -0.581. The molecule has 0 saturated heterocycles. The molecule has 0 aromatic heterocycles. The second kappa shape index (κ2) is 2.88. The van der Waals surface area contributed by atoms with E-state index in [0.717, 1.165) is 11.8 Å². The van der Waals surface area contributed by atoms with E-state index >= 15 is 0 Å². The van der Waals surface area contributed by atoms with Gasteiger partial charge in [0.25, 0.3) is 0 Å². The molecule has 2 N–H and O–H groups in total. The van der Waals surface area contributed by atoms with E-state index < -0.39 is 6.09 Å².